The van der Waals surface area contributed by atoms with Crippen LogP contribution >= 0.6 is 0 Å². The van der Waals surface area contributed by atoms with E-state index in [2.05, 4.69) is 10.5 Å². The van der Waals surface area contributed by atoms with E-state index in [0.29, 0.717) is 5.56 Å². The molecule has 0 N–H and O–H groups in total. The molecule has 0 bridgehead atoms. The Morgan fingerprint density at radius 3 is 2.13 bits per heavy atom. The van der Waals surface area contributed by atoms with Gasteiger partial charge in [-0.2, -0.15) is 13.2 Å². The fraction of sp³-hybridized carbons (Fsp3) is 0.400. The normalized spacial score (nSPS) is 12.9. The number of alkyl halides is 3. The lowest BCUT2D eigenvalue weighted by Crippen LogP contribution is -2.21. The number of halogens is 3. The van der Waals surface area contributed by atoms with Crippen molar-refractivity contribution in [1.29, 1.82) is 0 Å². The van der Waals surface area contributed by atoms with E-state index in [1.165, 1.54) is 6.07 Å². The van der Waals surface area contributed by atoms with Gasteiger partial charge in [0.15, 0.2) is 0 Å². The van der Waals surface area contributed by atoms with Crippen LogP contribution in [0.5, 0.6) is 0 Å². The molecule has 1 aromatic carbocycles. The highest BCUT2D eigenvalue weighted by atomic mass is 28.2. The highest BCUT2D eigenvalue weighted by molar-refractivity contribution is 5.98. The summed E-state index contributed by atoms with van der Waals surface area (Å²) in [5.41, 5.74) is -0.998. The summed E-state index contributed by atoms with van der Waals surface area (Å²) in [7, 11) is 2.85. The van der Waals surface area contributed by atoms with Gasteiger partial charge >= 0.3 is 6.18 Å². The number of rotatable bonds is 2. The van der Waals surface area contributed by atoms with Crippen LogP contribution in [0.3, 0.4) is 0 Å². The highest BCUT2D eigenvalue weighted by Gasteiger charge is 2.31. The van der Waals surface area contributed by atoms with Gasteiger partial charge in [-0.1, -0.05) is 12.1 Å². The molecule has 0 spiro atoms. The van der Waals surface area contributed by atoms with Crippen molar-refractivity contribution >= 4 is 10.5 Å². The van der Waals surface area contributed by atoms with Gasteiger partial charge in [-0.25, -0.2) is 0 Å². The van der Waals surface area contributed by atoms with Gasteiger partial charge in [-0.3, -0.25) is 0 Å². The maximum absolute atomic E-state index is 12.4. The Kier molecular flexibility index (Phi) is 3.25. The van der Waals surface area contributed by atoms with Crippen molar-refractivity contribution in [2.24, 2.45) is 0 Å². The van der Waals surface area contributed by atoms with Crippen molar-refractivity contribution in [2.45, 2.75) is 25.6 Å². The zero-order valence-electron chi connectivity index (χ0n) is 8.35. The molecule has 0 aromatic heterocycles. The summed E-state index contributed by atoms with van der Waals surface area (Å²) in [6.07, 6.45) is -4.32. The zero-order valence-corrected chi connectivity index (χ0v) is 9.35. The largest absolute Gasteiger partial charge is 0.416 e. The van der Waals surface area contributed by atoms with Crippen LogP contribution in [0.2, 0.25) is 0 Å². The molecular formula is C10H10F3OSi. The molecule has 1 rings (SSSR count). The first-order valence-corrected chi connectivity index (χ1v) is 4.70. The molecule has 0 heterocycles. The second-order valence-corrected chi connectivity index (χ2v) is 3.90. The summed E-state index contributed by atoms with van der Waals surface area (Å²) in [4.78, 5) is 0. The van der Waals surface area contributed by atoms with E-state index in [0.717, 1.165) is 12.1 Å². The molecule has 0 saturated heterocycles. The van der Waals surface area contributed by atoms with Gasteiger partial charge in [0.1, 0.15) is 0 Å². The topological polar surface area (TPSA) is 9.23 Å². The van der Waals surface area contributed by atoms with Crippen LogP contribution in [0.1, 0.15) is 25.0 Å². The van der Waals surface area contributed by atoms with Gasteiger partial charge in [0, 0.05) is 0 Å². The minimum atomic E-state index is -4.32. The third kappa shape index (κ3) is 2.82. The van der Waals surface area contributed by atoms with Gasteiger partial charge in [0.2, 0.25) is 10.5 Å². The quantitative estimate of drug-likeness (QED) is 0.711. The van der Waals surface area contributed by atoms with E-state index in [1.54, 1.807) is 19.9 Å². The summed E-state index contributed by atoms with van der Waals surface area (Å²) in [5, 5.41) is 0. The number of benzene rings is 1. The van der Waals surface area contributed by atoms with Crippen LogP contribution in [0.4, 0.5) is 13.2 Å². The molecule has 0 aliphatic rings. The lowest BCUT2D eigenvalue weighted by Gasteiger charge is -2.24. The van der Waals surface area contributed by atoms with E-state index in [-0.39, 0.29) is 0 Å². The van der Waals surface area contributed by atoms with Crippen molar-refractivity contribution in [3.05, 3.63) is 35.4 Å². The summed E-state index contributed by atoms with van der Waals surface area (Å²) < 4.78 is 42.2. The Morgan fingerprint density at radius 1 is 1.13 bits per heavy atom. The fourth-order valence-corrected chi connectivity index (χ4v) is 1.25. The Hall–Kier alpha value is -0.813. The molecule has 81 valence electrons. The zero-order chi connectivity index (χ0) is 11.7. The second kappa shape index (κ2) is 3.98. The van der Waals surface area contributed by atoms with Crippen molar-refractivity contribution in [3.63, 3.8) is 0 Å². The van der Waals surface area contributed by atoms with Crippen LogP contribution in [0.25, 0.3) is 0 Å². The molecule has 15 heavy (non-hydrogen) atoms. The van der Waals surface area contributed by atoms with Crippen LogP contribution in [-0.4, -0.2) is 10.5 Å². The molecule has 1 nitrogen and oxygen atoms in total. The number of hydrogen-bond acceptors (Lipinski definition) is 1. The van der Waals surface area contributed by atoms with Crippen molar-refractivity contribution in [1.82, 2.24) is 0 Å². The van der Waals surface area contributed by atoms with Crippen molar-refractivity contribution < 1.29 is 17.6 Å². The summed E-state index contributed by atoms with van der Waals surface area (Å²) >= 11 is 0. The Bertz CT molecular complexity index is 347. The molecule has 5 heteroatoms. The first-order chi connectivity index (χ1) is 6.77. The van der Waals surface area contributed by atoms with E-state index in [1.807, 2.05) is 0 Å². The smallest absolute Gasteiger partial charge is 0.410 e. The first kappa shape index (κ1) is 12.3. The summed E-state index contributed by atoms with van der Waals surface area (Å²) in [6, 6.07) is 5.08. The molecule has 0 aliphatic carbocycles. The molecule has 0 fully saturated rings. The average Bonchev–Trinajstić information content (AvgIpc) is 2.17. The first-order valence-electron chi connectivity index (χ1n) is 4.30. The van der Waals surface area contributed by atoms with Gasteiger partial charge in [0.05, 0.1) is 11.2 Å². The molecular weight excluding hydrogens is 221 g/mol. The van der Waals surface area contributed by atoms with Gasteiger partial charge in [0.25, 0.3) is 0 Å². The molecule has 0 unspecified atom stereocenters. The van der Waals surface area contributed by atoms with Crippen LogP contribution in [0, 0.1) is 0 Å². The Balaban J connectivity index is 3.14. The predicted octanol–water partition coefficient (Wildman–Crippen LogP) is 3.04. The van der Waals surface area contributed by atoms with Crippen LogP contribution in [-0.2, 0) is 16.2 Å². The number of hydrogen-bond donors (Lipinski definition) is 0. The molecule has 0 saturated carbocycles. The SMILES string of the molecule is CC(C)(O[Si])c1cccc(C(F)(F)F)c1. The molecule has 0 atom stereocenters. The van der Waals surface area contributed by atoms with Crippen LogP contribution < -0.4 is 0 Å². The lowest BCUT2D eigenvalue weighted by molar-refractivity contribution is -0.137. The predicted molar refractivity (Wildman–Crippen MR) is 51.3 cm³/mol. The lowest BCUT2D eigenvalue weighted by atomic mass is 9.96. The van der Waals surface area contributed by atoms with Gasteiger partial charge < -0.3 is 4.43 Å². The molecule has 0 aliphatic heterocycles. The highest BCUT2D eigenvalue weighted by Crippen LogP contribution is 2.32. The third-order valence-corrected chi connectivity index (χ3v) is 2.65. The maximum atomic E-state index is 12.4. The summed E-state index contributed by atoms with van der Waals surface area (Å²) in [5.74, 6) is 0. The standard InChI is InChI=1S/C10H10F3OSi/c1-9(2,14-15)7-4-3-5-8(6-7)10(11,12)13/h3-6H,1-2H3. The average molecular weight is 231 g/mol. The minimum Gasteiger partial charge on any atom is -0.410 e. The Labute approximate surface area is 89.8 Å². The summed E-state index contributed by atoms with van der Waals surface area (Å²) in [6.45, 7) is 3.35. The van der Waals surface area contributed by atoms with E-state index >= 15 is 0 Å². The van der Waals surface area contributed by atoms with E-state index < -0.39 is 17.3 Å². The fourth-order valence-electron chi connectivity index (χ4n) is 1.13. The monoisotopic (exact) mass is 231 g/mol. The van der Waals surface area contributed by atoms with Crippen molar-refractivity contribution in [3.8, 4) is 0 Å². The van der Waals surface area contributed by atoms with E-state index in [9.17, 15) is 13.2 Å². The van der Waals surface area contributed by atoms with Gasteiger partial charge in [-0.15, -0.1) is 0 Å². The maximum Gasteiger partial charge on any atom is 0.416 e. The van der Waals surface area contributed by atoms with Gasteiger partial charge in [-0.05, 0) is 31.5 Å². The third-order valence-electron chi connectivity index (χ3n) is 2.14. The molecule has 0 amide bonds. The second-order valence-electron chi connectivity index (χ2n) is 3.69. The van der Waals surface area contributed by atoms with Crippen molar-refractivity contribution in [2.75, 3.05) is 0 Å². The van der Waals surface area contributed by atoms with E-state index in [4.69, 9.17) is 4.43 Å². The molecule has 3 radical (unpaired) electrons. The Morgan fingerprint density at radius 2 is 1.67 bits per heavy atom. The molecule has 1 aromatic rings. The minimum absolute atomic E-state index is 0.465. The van der Waals surface area contributed by atoms with Crippen LogP contribution in [0.15, 0.2) is 24.3 Å².